The fourth-order valence-electron chi connectivity index (χ4n) is 1.08. The maximum atomic E-state index is 12.2. The van der Waals surface area contributed by atoms with Crippen LogP contribution in [0, 0.1) is 0 Å². The van der Waals surface area contributed by atoms with Crippen LogP contribution in [-0.4, -0.2) is 19.3 Å². The van der Waals surface area contributed by atoms with Gasteiger partial charge in [0.25, 0.3) is 0 Å². The Bertz CT molecular complexity index is 299. The van der Waals surface area contributed by atoms with Gasteiger partial charge in [-0.1, -0.05) is 0 Å². The van der Waals surface area contributed by atoms with Crippen molar-refractivity contribution in [1.82, 2.24) is 0 Å². The maximum absolute atomic E-state index is 12.2. The Kier molecular flexibility index (Phi) is 2.95. The van der Waals surface area contributed by atoms with Crippen LogP contribution in [0.2, 0.25) is 0 Å². The van der Waals surface area contributed by atoms with Gasteiger partial charge in [-0.25, -0.2) is 4.39 Å². The van der Waals surface area contributed by atoms with Gasteiger partial charge in [-0.15, -0.1) is 0 Å². The monoisotopic (exact) mass is 186 g/mol. The van der Waals surface area contributed by atoms with E-state index < -0.39 is 6.67 Å². The summed E-state index contributed by atoms with van der Waals surface area (Å²) in [5.41, 5.74) is 0.357. The molecule has 0 unspecified atom stereocenters. The number of rotatable bonds is 3. The molecule has 1 aromatic rings. The van der Waals surface area contributed by atoms with Gasteiger partial charge in [0, 0.05) is 0 Å². The Morgan fingerprint density at radius 2 is 2.00 bits per heavy atom. The minimum atomic E-state index is -0.645. The average Bonchev–Trinajstić information content (AvgIpc) is 2.16. The topological polar surface area (TPSA) is 38.7 Å². The van der Waals surface area contributed by atoms with Crippen LogP contribution in [0.3, 0.4) is 0 Å². The minimum Gasteiger partial charge on any atom is -0.504 e. The number of aromatic hydroxyl groups is 1. The third kappa shape index (κ3) is 1.83. The molecule has 13 heavy (non-hydrogen) atoms. The second-order valence-corrected chi connectivity index (χ2v) is 2.48. The van der Waals surface area contributed by atoms with Crippen LogP contribution in [0.15, 0.2) is 12.1 Å². The van der Waals surface area contributed by atoms with E-state index in [1.54, 1.807) is 0 Å². The molecular formula is C9H11FO3. The summed E-state index contributed by atoms with van der Waals surface area (Å²) in [6, 6.07) is 2.79. The van der Waals surface area contributed by atoms with E-state index in [1.807, 2.05) is 0 Å². The van der Waals surface area contributed by atoms with Crippen molar-refractivity contribution in [3.63, 3.8) is 0 Å². The summed E-state index contributed by atoms with van der Waals surface area (Å²) in [6.45, 7) is -0.645. The maximum Gasteiger partial charge on any atom is 0.203 e. The summed E-state index contributed by atoms with van der Waals surface area (Å²) in [5, 5.41) is 9.36. The lowest BCUT2D eigenvalue weighted by molar-refractivity contribution is 0.331. The standard InChI is InChI=1S/C9H11FO3/c1-12-8-4-6(5-10)3-7(11)9(8)13-2/h3-4,11H,5H2,1-2H3. The van der Waals surface area contributed by atoms with Gasteiger partial charge in [-0.3, -0.25) is 0 Å². The van der Waals surface area contributed by atoms with Crippen molar-refractivity contribution < 1.29 is 19.0 Å². The second kappa shape index (κ2) is 3.98. The Balaban J connectivity index is 3.20. The number of methoxy groups -OCH3 is 2. The molecule has 0 fully saturated rings. The van der Waals surface area contributed by atoms with Crippen LogP contribution in [0.25, 0.3) is 0 Å². The van der Waals surface area contributed by atoms with Crippen molar-refractivity contribution in [2.75, 3.05) is 14.2 Å². The molecule has 0 aromatic heterocycles. The minimum absolute atomic E-state index is 0.116. The lowest BCUT2D eigenvalue weighted by atomic mass is 10.2. The van der Waals surface area contributed by atoms with Gasteiger partial charge >= 0.3 is 0 Å². The molecule has 1 aromatic carbocycles. The van der Waals surface area contributed by atoms with E-state index >= 15 is 0 Å². The van der Waals surface area contributed by atoms with Crippen molar-refractivity contribution >= 4 is 0 Å². The molecule has 72 valence electrons. The number of ether oxygens (including phenoxy) is 2. The molecule has 0 radical (unpaired) electrons. The van der Waals surface area contributed by atoms with E-state index in [9.17, 15) is 9.50 Å². The number of alkyl halides is 1. The zero-order chi connectivity index (χ0) is 9.84. The fourth-order valence-corrected chi connectivity index (χ4v) is 1.08. The number of halogens is 1. The van der Waals surface area contributed by atoms with E-state index in [-0.39, 0.29) is 11.5 Å². The Morgan fingerprint density at radius 3 is 2.46 bits per heavy atom. The van der Waals surface area contributed by atoms with E-state index in [2.05, 4.69) is 0 Å². The van der Waals surface area contributed by atoms with Gasteiger partial charge in [0.05, 0.1) is 14.2 Å². The van der Waals surface area contributed by atoms with Crippen molar-refractivity contribution in [3.05, 3.63) is 17.7 Å². The normalized spacial score (nSPS) is 9.77. The SMILES string of the molecule is COc1cc(CF)cc(O)c1OC. The summed E-state index contributed by atoms with van der Waals surface area (Å²) >= 11 is 0. The predicted octanol–water partition coefficient (Wildman–Crippen LogP) is 1.88. The smallest absolute Gasteiger partial charge is 0.203 e. The Labute approximate surface area is 75.7 Å². The zero-order valence-electron chi connectivity index (χ0n) is 7.50. The number of benzene rings is 1. The zero-order valence-corrected chi connectivity index (χ0v) is 7.50. The number of hydrogen-bond acceptors (Lipinski definition) is 3. The molecule has 0 atom stereocenters. The second-order valence-electron chi connectivity index (χ2n) is 2.48. The van der Waals surface area contributed by atoms with Crippen molar-refractivity contribution in [3.8, 4) is 17.2 Å². The number of phenolic OH excluding ortho intramolecular Hbond substituents is 1. The summed E-state index contributed by atoms with van der Waals surface area (Å²) in [5.74, 6) is 0.435. The lowest BCUT2D eigenvalue weighted by Crippen LogP contribution is -1.92. The highest BCUT2D eigenvalue weighted by molar-refractivity contribution is 5.52. The van der Waals surface area contributed by atoms with Gasteiger partial charge in [0.1, 0.15) is 6.67 Å². The highest BCUT2D eigenvalue weighted by Gasteiger charge is 2.10. The van der Waals surface area contributed by atoms with E-state index in [0.29, 0.717) is 11.3 Å². The van der Waals surface area contributed by atoms with Crippen molar-refractivity contribution in [1.29, 1.82) is 0 Å². The Hall–Kier alpha value is -1.45. The molecule has 4 heteroatoms. The molecule has 0 saturated carbocycles. The van der Waals surface area contributed by atoms with Gasteiger partial charge < -0.3 is 14.6 Å². The molecule has 0 aliphatic carbocycles. The van der Waals surface area contributed by atoms with Crippen LogP contribution in [0.4, 0.5) is 4.39 Å². The molecule has 0 heterocycles. The van der Waals surface area contributed by atoms with Crippen LogP contribution < -0.4 is 9.47 Å². The van der Waals surface area contributed by atoms with Crippen LogP contribution in [-0.2, 0) is 6.67 Å². The van der Waals surface area contributed by atoms with E-state index in [0.717, 1.165) is 0 Å². The summed E-state index contributed by atoms with van der Waals surface area (Å²) in [6.07, 6.45) is 0. The highest BCUT2D eigenvalue weighted by atomic mass is 19.1. The first-order valence-corrected chi connectivity index (χ1v) is 3.72. The predicted molar refractivity (Wildman–Crippen MR) is 46.0 cm³/mol. The molecule has 0 aliphatic rings. The summed E-state index contributed by atoms with van der Waals surface area (Å²) in [7, 11) is 2.84. The van der Waals surface area contributed by atoms with Gasteiger partial charge in [0.15, 0.2) is 11.5 Å². The molecule has 0 bridgehead atoms. The van der Waals surface area contributed by atoms with Crippen LogP contribution in [0.5, 0.6) is 17.2 Å². The third-order valence-corrected chi connectivity index (χ3v) is 1.67. The molecule has 3 nitrogen and oxygen atoms in total. The first-order chi connectivity index (χ1) is 6.22. The third-order valence-electron chi connectivity index (χ3n) is 1.67. The molecule has 1 rings (SSSR count). The number of hydrogen-bond donors (Lipinski definition) is 1. The van der Waals surface area contributed by atoms with Crippen molar-refractivity contribution in [2.45, 2.75) is 6.67 Å². The van der Waals surface area contributed by atoms with Gasteiger partial charge in [-0.05, 0) is 17.7 Å². The molecule has 0 saturated heterocycles. The molecule has 0 amide bonds. The molecule has 0 aliphatic heterocycles. The molecule has 0 spiro atoms. The lowest BCUT2D eigenvalue weighted by Gasteiger charge is -2.09. The summed E-state index contributed by atoms with van der Waals surface area (Å²) in [4.78, 5) is 0. The Morgan fingerprint density at radius 1 is 1.31 bits per heavy atom. The van der Waals surface area contributed by atoms with Gasteiger partial charge in [-0.2, -0.15) is 0 Å². The molecule has 1 N–H and O–H groups in total. The number of phenols is 1. The average molecular weight is 186 g/mol. The first-order valence-electron chi connectivity index (χ1n) is 3.72. The largest absolute Gasteiger partial charge is 0.504 e. The highest BCUT2D eigenvalue weighted by Crippen LogP contribution is 2.37. The van der Waals surface area contributed by atoms with E-state index in [1.165, 1.54) is 26.4 Å². The van der Waals surface area contributed by atoms with E-state index in [4.69, 9.17) is 9.47 Å². The van der Waals surface area contributed by atoms with Crippen molar-refractivity contribution in [2.24, 2.45) is 0 Å². The van der Waals surface area contributed by atoms with Gasteiger partial charge in [0.2, 0.25) is 5.75 Å². The van der Waals surface area contributed by atoms with Crippen LogP contribution >= 0.6 is 0 Å². The molecular weight excluding hydrogens is 175 g/mol. The summed E-state index contributed by atoms with van der Waals surface area (Å²) < 4.78 is 22.0. The fraction of sp³-hybridized carbons (Fsp3) is 0.333. The van der Waals surface area contributed by atoms with Crippen LogP contribution in [0.1, 0.15) is 5.56 Å². The first kappa shape index (κ1) is 9.64. The quantitative estimate of drug-likeness (QED) is 0.783.